The molecule has 2 aliphatic rings. The zero-order chi connectivity index (χ0) is 53.4. The number of halogens is 2. The first kappa shape index (κ1) is 62.6. The molecule has 0 saturated carbocycles. The van der Waals surface area contributed by atoms with Crippen LogP contribution in [0.2, 0.25) is 0 Å². The predicted octanol–water partition coefficient (Wildman–Crippen LogP) is 3.04. The number of likely N-dealkylation sites (N-methyl/N-ethyl adjacent to an activating group) is 2. The van der Waals surface area contributed by atoms with E-state index in [4.69, 9.17) is 56.8 Å². The molecule has 0 aliphatic carbocycles. The van der Waals surface area contributed by atoms with E-state index in [2.05, 4.69) is 38.4 Å². The molecule has 0 radical (unpaired) electrons. The van der Waals surface area contributed by atoms with E-state index in [1.54, 1.807) is 71.1 Å². The van der Waals surface area contributed by atoms with Crippen molar-refractivity contribution >= 4 is 11.9 Å². The molecule has 0 unspecified atom stereocenters. The maximum absolute atomic E-state index is 12.9. The number of allylic oxidation sites excluding steroid dienone is 2. The van der Waals surface area contributed by atoms with Crippen molar-refractivity contribution in [1.82, 2.24) is 0 Å². The van der Waals surface area contributed by atoms with Gasteiger partial charge in [0.15, 0.2) is 46.0 Å². The van der Waals surface area contributed by atoms with Crippen LogP contribution < -0.4 is 72.2 Å². The summed E-state index contributed by atoms with van der Waals surface area (Å²) < 4.78 is 69.8. The highest BCUT2D eigenvalue weighted by molar-refractivity contribution is 5.70. The Bertz CT molecular complexity index is 2350. The minimum Gasteiger partial charge on any atom is -1.00 e. The number of carbonyl (C=O) groups excluding carboxylic acids is 2. The number of benzene rings is 4. The average Bonchev–Trinajstić information content (AvgIpc) is 3.42. The fourth-order valence-corrected chi connectivity index (χ4v) is 10.8. The first-order chi connectivity index (χ1) is 35.7. The number of rotatable bonds is 28. The van der Waals surface area contributed by atoms with Crippen LogP contribution in [0.25, 0.3) is 0 Å². The van der Waals surface area contributed by atoms with Gasteiger partial charge in [-0.3, -0.25) is 9.59 Å². The SMILES string of the molecule is COc1cc2c(cc1OC)[C@@H](Cc1cc(OC)c(OC)c(OC)c1)[N@@+](C)(CCCOC(=O)CCC=CCCC(=O)OCCC[N@+]1(C)CCc3cc(OC)c(OC)cc3[C@H]1Cc1cc(OC)c(OC)c(OC)c1)CC2.[Cl-].[Cl-]. The van der Waals surface area contributed by atoms with Crippen molar-refractivity contribution in [3.63, 3.8) is 0 Å². The maximum atomic E-state index is 12.9. The lowest BCUT2D eigenvalue weighted by molar-refractivity contribution is -0.941. The summed E-state index contributed by atoms with van der Waals surface area (Å²) >= 11 is 0. The van der Waals surface area contributed by atoms with E-state index in [0.717, 1.165) is 59.1 Å². The molecule has 16 nitrogen and oxygen atoms in total. The van der Waals surface area contributed by atoms with Gasteiger partial charge in [-0.05, 0) is 83.6 Å². The summed E-state index contributed by atoms with van der Waals surface area (Å²) in [7, 11) is 20.9. The lowest BCUT2D eigenvalue weighted by Gasteiger charge is -2.46. The Morgan fingerprint density at radius 2 is 0.776 bits per heavy atom. The second-order valence-electron chi connectivity index (χ2n) is 19.4. The molecule has 4 aromatic rings. The van der Waals surface area contributed by atoms with E-state index in [-0.39, 0.29) is 61.7 Å². The first-order valence-electron chi connectivity index (χ1n) is 25.5. The summed E-state index contributed by atoms with van der Waals surface area (Å²) in [4.78, 5) is 25.7. The fourth-order valence-electron chi connectivity index (χ4n) is 10.8. The number of esters is 2. The smallest absolute Gasteiger partial charge is 0.306 e. The largest absolute Gasteiger partial charge is 1.00 e. The average molecular weight is 1100 g/mol. The van der Waals surface area contributed by atoms with Gasteiger partial charge in [0.1, 0.15) is 12.1 Å². The number of hydrogen-bond acceptors (Lipinski definition) is 14. The van der Waals surface area contributed by atoms with Crippen molar-refractivity contribution in [2.24, 2.45) is 0 Å². The lowest BCUT2D eigenvalue weighted by atomic mass is 9.86. The lowest BCUT2D eigenvalue weighted by Crippen LogP contribution is -3.00. The van der Waals surface area contributed by atoms with Gasteiger partial charge in [-0.2, -0.15) is 0 Å². The summed E-state index contributed by atoms with van der Waals surface area (Å²) in [6, 6.07) is 16.5. The Balaban J connectivity index is 0.00000624. The number of methoxy groups -OCH3 is 10. The van der Waals surface area contributed by atoms with Crippen LogP contribution in [0.3, 0.4) is 0 Å². The van der Waals surface area contributed by atoms with Gasteiger partial charge in [-0.25, -0.2) is 0 Å². The third kappa shape index (κ3) is 15.0. The summed E-state index contributed by atoms with van der Waals surface area (Å²) in [6.07, 6.45) is 9.94. The van der Waals surface area contributed by atoms with E-state index in [9.17, 15) is 9.59 Å². The minimum absolute atomic E-state index is 0. The maximum Gasteiger partial charge on any atom is 0.306 e. The molecule has 0 fully saturated rings. The molecule has 18 heteroatoms. The Morgan fingerprint density at radius 3 is 1.08 bits per heavy atom. The first-order valence-corrected chi connectivity index (χ1v) is 25.5. The van der Waals surface area contributed by atoms with Crippen LogP contribution in [-0.2, 0) is 44.7 Å². The van der Waals surface area contributed by atoms with Crippen LogP contribution in [0.5, 0.6) is 57.5 Å². The molecule has 2 aliphatic heterocycles. The standard InChI is InChI=1S/C58H80N2O14.2ClH/c1-59(25-21-41-35-47(63-3)49(65-5)37-43(41)45(59)29-39-31-51(67-7)57(71-11)52(32-39)68-8)23-17-27-73-55(61)19-15-13-14-16-20-56(62)74-28-18-24-60(2)26-22-42-36-48(64-4)50(66-6)38-44(42)46(60)30-40-33-53(69-9)58(72-12)54(34-40)70-10;;/h13-14,31-38,45-46H,15-30H2,1-12H3;2*1H/q+2;;/p-2/t45-,46-,59-,60+;;/m1../s1. The zero-order valence-electron chi connectivity index (χ0n) is 46.6. The highest BCUT2D eigenvalue weighted by atomic mass is 35.5. The number of quaternary nitrogens is 2. The topological polar surface area (TPSA) is 145 Å². The van der Waals surface area contributed by atoms with Crippen molar-refractivity contribution < 1.29 is 100 Å². The van der Waals surface area contributed by atoms with Gasteiger partial charge < -0.3 is 90.6 Å². The van der Waals surface area contributed by atoms with Gasteiger partial charge in [0.2, 0.25) is 11.5 Å². The molecule has 4 atom stereocenters. The van der Waals surface area contributed by atoms with Gasteiger partial charge in [0, 0.05) is 62.5 Å². The summed E-state index contributed by atoms with van der Waals surface area (Å²) in [5.74, 6) is 5.81. The van der Waals surface area contributed by atoms with Gasteiger partial charge in [0.25, 0.3) is 0 Å². The van der Waals surface area contributed by atoms with Gasteiger partial charge in [-0.15, -0.1) is 0 Å². The van der Waals surface area contributed by atoms with E-state index < -0.39 is 0 Å². The second kappa shape index (κ2) is 29.5. The number of ether oxygens (including phenoxy) is 12. The third-order valence-electron chi connectivity index (χ3n) is 15.0. The third-order valence-corrected chi connectivity index (χ3v) is 15.0. The van der Waals surface area contributed by atoms with Crippen LogP contribution >= 0.6 is 0 Å². The van der Waals surface area contributed by atoms with Crippen LogP contribution in [0.15, 0.2) is 60.7 Å². The Morgan fingerprint density at radius 1 is 0.461 bits per heavy atom. The number of carbonyl (C=O) groups is 2. The van der Waals surface area contributed by atoms with Gasteiger partial charge >= 0.3 is 11.9 Å². The molecular formula is C58H80Cl2N2O14. The van der Waals surface area contributed by atoms with E-state index in [1.165, 1.54) is 22.3 Å². The zero-order valence-corrected chi connectivity index (χ0v) is 48.1. The normalized spacial score (nSPS) is 18.4. The van der Waals surface area contributed by atoms with Crippen LogP contribution in [-0.4, -0.2) is 145 Å². The molecular weight excluding hydrogens is 1020 g/mol. The predicted molar refractivity (Wildman–Crippen MR) is 282 cm³/mol. The van der Waals surface area contributed by atoms with E-state index in [0.29, 0.717) is 109 Å². The molecule has 76 heavy (non-hydrogen) atoms. The molecule has 0 amide bonds. The van der Waals surface area contributed by atoms with E-state index >= 15 is 0 Å². The molecule has 0 spiro atoms. The molecule has 420 valence electrons. The van der Waals surface area contributed by atoms with Crippen LogP contribution in [0, 0.1) is 0 Å². The second-order valence-corrected chi connectivity index (χ2v) is 19.4. The number of hydrogen-bond donors (Lipinski definition) is 0. The van der Waals surface area contributed by atoms with Crippen LogP contribution in [0.4, 0.5) is 0 Å². The van der Waals surface area contributed by atoms with Crippen molar-refractivity contribution in [1.29, 1.82) is 0 Å². The number of fused-ring (bicyclic) bond motifs is 2. The molecule has 0 bridgehead atoms. The van der Waals surface area contributed by atoms with Crippen LogP contribution in [0.1, 0.15) is 84.0 Å². The minimum atomic E-state index is -0.246. The monoisotopic (exact) mass is 1100 g/mol. The van der Waals surface area contributed by atoms with Gasteiger partial charge in [0.05, 0.1) is 125 Å². The molecule has 2 heterocycles. The van der Waals surface area contributed by atoms with Crippen molar-refractivity contribution in [2.45, 2.75) is 76.3 Å². The highest BCUT2D eigenvalue weighted by Crippen LogP contribution is 2.47. The van der Waals surface area contributed by atoms with Crippen molar-refractivity contribution in [3.8, 4) is 57.5 Å². The fraction of sp³-hybridized carbons (Fsp3) is 0.517. The Labute approximate surface area is 462 Å². The van der Waals surface area contributed by atoms with Crippen molar-refractivity contribution in [2.75, 3.05) is 125 Å². The summed E-state index contributed by atoms with van der Waals surface area (Å²) in [5.41, 5.74) is 6.93. The number of nitrogens with zero attached hydrogens (tertiary/aromatic N) is 2. The molecule has 0 N–H and O–H groups in total. The molecule has 6 rings (SSSR count). The summed E-state index contributed by atoms with van der Waals surface area (Å²) in [5, 5.41) is 0. The summed E-state index contributed by atoms with van der Waals surface area (Å²) in [6.45, 7) is 4.02. The molecule has 0 aromatic heterocycles. The highest BCUT2D eigenvalue weighted by Gasteiger charge is 2.42. The van der Waals surface area contributed by atoms with Gasteiger partial charge in [-0.1, -0.05) is 12.2 Å². The Kier molecular flexibility index (Phi) is 24.3. The quantitative estimate of drug-likeness (QED) is 0.0356. The Hall–Kier alpha value is -5.94. The molecule has 0 saturated heterocycles. The molecule has 4 aromatic carbocycles. The van der Waals surface area contributed by atoms with Crippen molar-refractivity contribution in [3.05, 3.63) is 94.1 Å². The van der Waals surface area contributed by atoms with E-state index in [1.807, 2.05) is 36.4 Å².